The van der Waals surface area contributed by atoms with E-state index in [4.69, 9.17) is 26.1 Å². The van der Waals surface area contributed by atoms with Crippen LogP contribution in [0, 0.1) is 12.8 Å². The SMILES string of the molecule is COc1ccc2c(O[C@H]3C[C@H]4C(=O)/N=C/CCC/C=C\[C@H]5C[C@@]5(C(=O)O)NC(=O)N4C3)cc(-c3nc(C)cs3)nc2c1Cl. The van der Waals surface area contributed by atoms with E-state index < -0.39 is 35.6 Å². The van der Waals surface area contributed by atoms with E-state index in [0.29, 0.717) is 51.0 Å². The van der Waals surface area contributed by atoms with Crippen LogP contribution in [0.2, 0.25) is 5.02 Å². The molecular formula is C30H30ClN5O6S. The van der Waals surface area contributed by atoms with Crippen molar-refractivity contribution in [1.29, 1.82) is 0 Å². The average molecular weight is 624 g/mol. The number of carbonyl (C=O) groups excluding carboxylic acids is 2. The van der Waals surface area contributed by atoms with Crippen LogP contribution in [0.1, 0.15) is 37.8 Å². The lowest BCUT2D eigenvalue weighted by molar-refractivity contribution is -0.140. The molecule has 4 heterocycles. The number of allylic oxidation sites excluding steroid dienone is 1. The molecule has 2 N–H and O–H groups in total. The van der Waals surface area contributed by atoms with Gasteiger partial charge < -0.3 is 24.8 Å². The predicted octanol–water partition coefficient (Wildman–Crippen LogP) is 5.04. The van der Waals surface area contributed by atoms with Crippen LogP contribution in [0.15, 0.2) is 40.7 Å². The van der Waals surface area contributed by atoms with Crippen molar-refractivity contribution < 1.29 is 29.0 Å². The van der Waals surface area contributed by atoms with Crippen molar-refractivity contribution in [3.63, 3.8) is 0 Å². The number of carboxylic acid groups (broad SMARTS) is 1. The minimum Gasteiger partial charge on any atom is -0.495 e. The van der Waals surface area contributed by atoms with Crippen molar-refractivity contribution in [3.05, 3.63) is 46.4 Å². The summed E-state index contributed by atoms with van der Waals surface area (Å²) >= 11 is 8.11. The van der Waals surface area contributed by atoms with Crippen LogP contribution in [0.5, 0.6) is 11.5 Å². The van der Waals surface area contributed by atoms with Crippen molar-refractivity contribution >= 4 is 58.0 Å². The second-order valence-corrected chi connectivity index (χ2v) is 12.2. The summed E-state index contributed by atoms with van der Waals surface area (Å²) < 4.78 is 11.9. The number of fused-ring (bicyclic) bond motifs is 3. The second-order valence-electron chi connectivity index (χ2n) is 10.9. The molecule has 11 nitrogen and oxygen atoms in total. The zero-order chi connectivity index (χ0) is 30.3. The largest absolute Gasteiger partial charge is 0.495 e. The quantitative estimate of drug-likeness (QED) is 0.376. The highest BCUT2D eigenvalue weighted by Crippen LogP contribution is 2.45. The highest BCUT2D eigenvalue weighted by Gasteiger charge is 2.61. The topological polar surface area (TPSA) is 143 Å². The molecule has 3 amide bonds. The summed E-state index contributed by atoms with van der Waals surface area (Å²) in [5.74, 6) is -0.975. The fourth-order valence-corrected chi connectivity index (χ4v) is 6.66. The van der Waals surface area contributed by atoms with E-state index in [9.17, 15) is 19.5 Å². The van der Waals surface area contributed by atoms with Crippen molar-refractivity contribution in [2.45, 2.75) is 56.7 Å². The number of benzene rings is 1. The van der Waals surface area contributed by atoms with Gasteiger partial charge in [0, 0.05) is 41.1 Å². The molecule has 1 aromatic carbocycles. The van der Waals surface area contributed by atoms with Crippen LogP contribution in [0.25, 0.3) is 21.6 Å². The van der Waals surface area contributed by atoms with Gasteiger partial charge in [0.05, 0.1) is 19.2 Å². The number of aliphatic carboxylic acids is 1. The van der Waals surface area contributed by atoms with Crippen LogP contribution in [-0.4, -0.2) is 75.4 Å². The molecule has 0 radical (unpaired) electrons. The molecule has 3 aliphatic rings. The van der Waals surface area contributed by atoms with Gasteiger partial charge >= 0.3 is 12.0 Å². The van der Waals surface area contributed by atoms with Gasteiger partial charge in [0.15, 0.2) is 0 Å². The molecule has 0 bridgehead atoms. The van der Waals surface area contributed by atoms with E-state index >= 15 is 0 Å². The molecule has 0 unspecified atom stereocenters. The van der Waals surface area contributed by atoms with Crippen molar-refractivity contribution in [3.8, 4) is 22.2 Å². The van der Waals surface area contributed by atoms with Gasteiger partial charge in [-0.15, -0.1) is 11.3 Å². The Morgan fingerprint density at radius 3 is 2.81 bits per heavy atom. The Morgan fingerprint density at radius 1 is 1.23 bits per heavy atom. The molecule has 2 aromatic heterocycles. The summed E-state index contributed by atoms with van der Waals surface area (Å²) in [4.78, 5) is 53.8. The lowest BCUT2D eigenvalue weighted by Gasteiger charge is -2.25. The first-order valence-corrected chi connectivity index (χ1v) is 15.3. The highest BCUT2D eigenvalue weighted by atomic mass is 35.5. The number of thiazole rings is 1. The Labute approximate surface area is 256 Å². The number of hydrogen-bond acceptors (Lipinski definition) is 8. The van der Waals surface area contributed by atoms with Crippen molar-refractivity contribution in [1.82, 2.24) is 20.2 Å². The van der Waals surface area contributed by atoms with Crippen LogP contribution in [0.4, 0.5) is 4.79 Å². The van der Waals surface area contributed by atoms with Gasteiger partial charge in [-0.3, -0.25) is 4.79 Å². The number of nitrogens with one attached hydrogen (secondary N) is 1. The summed E-state index contributed by atoms with van der Waals surface area (Å²) in [7, 11) is 1.52. The monoisotopic (exact) mass is 623 g/mol. The zero-order valence-electron chi connectivity index (χ0n) is 23.6. The molecule has 1 saturated carbocycles. The number of methoxy groups -OCH3 is 1. The number of aryl methyl sites for hydroxylation is 1. The maximum absolute atomic E-state index is 13.5. The number of ether oxygens (including phenoxy) is 2. The van der Waals surface area contributed by atoms with E-state index in [-0.39, 0.29) is 18.9 Å². The number of aliphatic imine (C=N–C) groups is 1. The number of rotatable bonds is 5. The number of urea groups is 1. The molecule has 13 heteroatoms. The minimum absolute atomic E-state index is 0.0490. The molecule has 6 rings (SSSR count). The third-order valence-corrected chi connectivity index (χ3v) is 9.37. The average Bonchev–Trinajstić information content (AvgIpc) is 3.27. The lowest BCUT2D eigenvalue weighted by Crippen LogP contribution is -2.53. The number of aromatic nitrogens is 2. The van der Waals surface area contributed by atoms with Gasteiger partial charge in [0.2, 0.25) is 0 Å². The third kappa shape index (κ3) is 5.56. The standard InChI is InChI=1S/C30H30ClN5O6S/c1-16-15-43-27(33-16)20-12-23(19-8-9-22(41-2)24(31)25(19)34-20)42-18-11-21-26(37)32-10-6-4-3-5-7-17-13-30(17,28(38)39)35-29(40)36(21)14-18/h5,7-10,12,15,17-18,21H,3-4,6,11,13-14H2,1-2H3,(H,35,40)(H,38,39)/b7-5-,32-10+/t17-,18-,21-,30+/m0/s1. The lowest BCUT2D eigenvalue weighted by atomic mass is 10.1. The molecule has 0 spiro atoms. The van der Waals surface area contributed by atoms with Crippen molar-refractivity contribution in [2.75, 3.05) is 13.7 Å². The number of carboxylic acids is 1. The Bertz CT molecular complexity index is 1670. The fraction of sp³-hybridized carbons (Fsp3) is 0.400. The Balaban J connectivity index is 1.34. The Kier molecular flexibility index (Phi) is 7.82. The number of carbonyl (C=O) groups is 3. The van der Waals surface area contributed by atoms with Gasteiger partial charge in [-0.2, -0.15) is 0 Å². The number of nitrogens with zero attached hydrogens (tertiary/aromatic N) is 4. The van der Waals surface area contributed by atoms with E-state index in [1.807, 2.05) is 24.5 Å². The zero-order valence-corrected chi connectivity index (χ0v) is 25.2. The first-order chi connectivity index (χ1) is 20.7. The summed E-state index contributed by atoms with van der Waals surface area (Å²) in [5, 5.41) is 16.2. The van der Waals surface area contributed by atoms with Crippen LogP contribution >= 0.6 is 22.9 Å². The molecule has 43 heavy (non-hydrogen) atoms. The molecule has 224 valence electrons. The summed E-state index contributed by atoms with van der Waals surface area (Å²) in [6, 6.07) is 3.74. The van der Waals surface area contributed by atoms with Crippen LogP contribution < -0.4 is 14.8 Å². The minimum atomic E-state index is -1.40. The second kappa shape index (κ2) is 11.6. The van der Waals surface area contributed by atoms with Gasteiger partial charge in [-0.1, -0.05) is 23.8 Å². The Morgan fingerprint density at radius 2 is 2.07 bits per heavy atom. The summed E-state index contributed by atoms with van der Waals surface area (Å²) in [6.07, 6.45) is 7.32. The smallest absolute Gasteiger partial charge is 0.330 e. The number of amides is 3. The van der Waals surface area contributed by atoms with E-state index in [1.165, 1.54) is 23.3 Å². The van der Waals surface area contributed by atoms with Gasteiger partial charge in [-0.25, -0.2) is 24.5 Å². The van der Waals surface area contributed by atoms with Gasteiger partial charge in [-0.05, 0) is 44.7 Å². The van der Waals surface area contributed by atoms with E-state index in [1.54, 1.807) is 24.4 Å². The molecule has 1 aliphatic carbocycles. The highest BCUT2D eigenvalue weighted by molar-refractivity contribution is 7.13. The molecule has 2 fully saturated rings. The third-order valence-electron chi connectivity index (χ3n) is 8.02. The van der Waals surface area contributed by atoms with Gasteiger partial charge in [0.1, 0.15) is 44.9 Å². The Hall–Kier alpha value is -4.03. The predicted molar refractivity (Wildman–Crippen MR) is 162 cm³/mol. The molecule has 2 aliphatic heterocycles. The first kappa shape index (κ1) is 29.1. The van der Waals surface area contributed by atoms with Crippen LogP contribution in [0.3, 0.4) is 0 Å². The van der Waals surface area contributed by atoms with E-state index in [0.717, 1.165) is 18.5 Å². The van der Waals surface area contributed by atoms with Crippen LogP contribution in [-0.2, 0) is 9.59 Å². The number of halogens is 1. The molecule has 4 atom stereocenters. The summed E-state index contributed by atoms with van der Waals surface area (Å²) in [5.41, 5.74) is 0.476. The van der Waals surface area contributed by atoms with Crippen molar-refractivity contribution in [2.24, 2.45) is 10.9 Å². The van der Waals surface area contributed by atoms with E-state index in [2.05, 4.69) is 15.3 Å². The maximum Gasteiger partial charge on any atom is 0.330 e. The first-order valence-electron chi connectivity index (χ1n) is 14.0. The molecule has 3 aromatic rings. The number of hydrogen-bond donors (Lipinski definition) is 2. The maximum atomic E-state index is 13.5. The molecule has 1 saturated heterocycles. The summed E-state index contributed by atoms with van der Waals surface area (Å²) in [6.45, 7) is 1.94. The molecular weight excluding hydrogens is 594 g/mol. The normalized spacial score (nSPS) is 27.0. The van der Waals surface area contributed by atoms with Gasteiger partial charge in [0.25, 0.3) is 5.91 Å². The number of pyridine rings is 1. The fourth-order valence-electron chi connectivity index (χ4n) is 5.62.